The number of aromatic hydroxyl groups is 1. The van der Waals surface area contributed by atoms with Gasteiger partial charge in [0, 0.05) is 6.20 Å². The van der Waals surface area contributed by atoms with E-state index in [9.17, 15) is 5.11 Å². The zero-order valence-corrected chi connectivity index (χ0v) is 7.70. The van der Waals surface area contributed by atoms with Gasteiger partial charge in [-0.25, -0.2) is 4.98 Å². The maximum atomic E-state index is 9.43. The smallest absolute Gasteiger partial charge is 0.146 e. The van der Waals surface area contributed by atoms with Crippen LogP contribution in [0.2, 0.25) is 0 Å². The molecular formula is C9H13N3O. The Balaban J connectivity index is 3.13. The number of nitrogens with one attached hydrogen (secondary N) is 1. The fraction of sp³-hybridized carbons (Fsp3) is 0.333. The van der Waals surface area contributed by atoms with Crippen molar-refractivity contribution in [3.63, 3.8) is 0 Å². The molecule has 0 bridgehead atoms. The second-order valence-electron chi connectivity index (χ2n) is 3.20. The van der Waals surface area contributed by atoms with Crippen LogP contribution < -0.4 is 5.73 Å². The van der Waals surface area contributed by atoms with Gasteiger partial charge in [-0.05, 0) is 17.5 Å². The van der Waals surface area contributed by atoms with Crippen LogP contribution in [0.1, 0.15) is 31.0 Å². The third kappa shape index (κ3) is 1.96. The summed E-state index contributed by atoms with van der Waals surface area (Å²) in [5.74, 6) is 0.0610. The van der Waals surface area contributed by atoms with Crippen molar-refractivity contribution in [2.24, 2.45) is 5.73 Å². The predicted molar refractivity (Wildman–Crippen MR) is 51.0 cm³/mol. The summed E-state index contributed by atoms with van der Waals surface area (Å²) in [5.41, 5.74) is 6.28. The molecule has 0 amide bonds. The first kappa shape index (κ1) is 9.51. The Kier molecular flexibility index (Phi) is 2.51. The molecule has 4 nitrogen and oxygen atoms in total. The summed E-state index contributed by atoms with van der Waals surface area (Å²) in [5, 5.41) is 16.5. The molecule has 1 rings (SSSR count). The van der Waals surface area contributed by atoms with Gasteiger partial charge in [0.25, 0.3) is 0 Å². The van der Waals surface area contributed by atoms with Crippen molar-refractivity contribution in [1.29, 1.82) is 5.41 Å². The first-order chi connectivity index (χ1) is 6.02. The second-order valence-corrected chi connectivity index (χ2v) is 3.20. The SMILES string of the molecule is CC(C)c1cnc(C(=N)N)c(O)c1. The summed E-state index contributed by atoms with van der Waals surface area (Å²) < 4.78 is 0. The summed E-state index contributed by atoms with van der Waals surface area (Å²) in [6.45, 7) is 4.01. The van der Waals surface area contributed by atoms with Gasteiger partial charge in [-0.3, -0.25) is 5.41 Å². The van der Waals surface area contributed by atoms with Crippen molar-refractivity contribution >= 4 is 5.84 Å². The fourth-order valence-corrected chi connectivity index (χ4v) is 0.992. The van der Waals surface area contributed by atoms with Crippen LogP contribution in [-0.2, 0) is 0 Å². The molecule has 0 saturated heterocycles. The average Bonchev–Trinajstić information content (AvgIpc) is 2.03. The third-order valence-electron chi connectivity index (χ3n) is 1.81. The van der Waals surface area contributed by atoms with E-state index in [-0.39, 0.29) is 17.3 Å². The van der Waals surface area contributed by atoms with E-state index in [2.05, 4.69) is 4.98 Å². The maximum Gasteiger partial charge on any atom is 0.146 e. The van der Waals surface area contributed by atoms with E-state index >= 15 is 0 Å². The van der Waals surface area contributed by atoms with Crippen LogP contribution in [0.5, 0.6) is 5.75 Å². The highest BCUT2D eigenvalue weighted by atomic mass is 16.3. The van der Waals surface area contributed by atoms with Crippen molar-refractivity contribution in [2.45, 2.75) is 19.8 Å². The summed E-state index contributed by atoms with van der Waals surface area (Å²) in [7, 11) is 0. The Bertz CT molecular complexity index is 334. The van der Waals surface area contributed by atoms with Gasteiger partial charge in [-0.2, -0.15) is 0 Å². The molecular weight excluding hydrogens is 166 g/mol. The molecule has 13 heavy (non-hydrogen) atoms. The third-order valence-corrected chi connectivity index (χ3v) is 1.81. The molecule has 0 unspecified atom stereocenters. The van der Waals surface area contributed by atoms with E-state index in [1.165, 1.54) is 0 Å². The minimum Gasteiger partial charge on any atom is -0.506 e. The Morgan fingerprint density at radius 2 is 2.23 bits per heavy atom. The number of aromatic nitrogens is 1. The number of hydrogen-bond donors (Lipinski definition) is 3. The number of amidine groups is 1. The highest BCUT2D eigenvalue weighted by Gasteiger charge is 2.08. The summed E-state index contributed by atoms with van der Waals surface area (Å²) in [6.07, 6.45) is 1.63. The quantitative estimate of drug-likeness (QED) is 0.471. The van der Waals surface area contributed by atoms with E-state index < -0.39 is 0 Å². The number of nitrogens with zero attached hydrogens (tertiary/aromatic N) is 1. The largest absolute Gasteiger partial charge is 0.506 e. The number of nitrogen functional groups attached to an aromatic ring is 1. The summed E-state index contributed by atoms with van der Waals surface area (Å²) >= 11 is 0. The standard InChI is InChI=1S/C9H13N3O/c1-5(2)6-3-7(13)8(9(10)11)12-4-6/h3-5,13H,1-2H3,(H3,10,11). The van der Waals surface area contributed by atoms with Crippen LogP contribution >= 0.6 is 0 Å². The zero-order valence-electron chi connectivity index (χ0n) is 7.70. The van der Waals surface area contributed by atoms with Crippen LogP contribution in [0.3, 0.4) is 0 Å². The molecule has 4 N–H and O–H groups in total. The minimum absolute atomic E-state index is 0.0290. The summed E-state index contributed by atoms with van der Waals surface area (Å²) in [6, 6.07) is 1.59. The van der Waals surface area contributed by atoms with E-state index in [0.717, 1.165) is 5.56 Å². The molecule has 0 aliphatic heterocycles. The number of nitrogens with two attached hydrogens (primary N) is 1. The van der Waals surface area contributed by atoms with E-state index in [1.807, 2.05) is 13.8 Å². The van der Waals surface area contributed by atoms with Gasteiger partial charge in [0.15, 0.2) is 0 Å². The van der Waals surface area contributed by atoms with Gasteiger partial charge in [0.1, 0.15) is 17.3 Å². The molecule has 4 heteroatoms. The lowest BCUT2D eigenvalue weighted by atomic mass is 10.1. The van der Waals surface area contributed by atoms with Gasteiger partial charge in [-0.15, -0.1) is 0 Å². The van der Waals surface area contributed by atoms with Gasteiger partial charge >= 0.3 is 0 Å². The topological polar surface area (TPSA) is 83.0 Å². The first-order valence-corrected chi connectivity index (χ1v) is 4.05. The van der Waals surface area contributed by atoms with Crippen LogP contribution in [-0.4, -0.2) is 15.9 Å². The van der Waals surface area contributed by atoms with Crippen LogP contribution in [0.15, 0.2) is 12.3 Å². The molecule has 1 aromatic heterocycles. The first-order valence-electron chi connectivity index (χ1n) is 4.05. The molecule has 0 aromatic carbocycles. The normalized spacial score (nSPS) is 10.4. The van der Waals surface area contributed by atoms with E-state index in [1.54, 1.807) is 12.3 Å². The van der Waals surface area contributed by atoms with Gasteiger partial charge in [-0.1, -0.05) is 13.8 Å². The highest BCUT2D eigenvalue weighted by Crippen LogP contribution is 2.20. The van der Waals surface area contributed by atoms with Crippen molar-refractivity contribution in [3.05, 3.63) is 23.5 Å². The van der Waals surface area contributed by atoms with E-state index in [4.69, 9.17) is 11.1 Å². The van der Waals surface area contributed by atoms with Crippen molar-refractivity contribution in [2.75, 3.05) is 0 Å². The Morgan fingerprint density at radius 1 is 1.62 bits per heavy atom. The average molecular weight is 179 g/mol. The minimum atomic E-state index is -0.215. The number of hydrogen-bond acceptors (Lipinski definition) is 3. The van der Waals surface area contributed by atoms with Gasteiger partial charge in [0.05, 0.1) is 0 Å². The molecule has 0 aliphatic rings. The molecule has 0 saturated carbocycles. The summed E-state index contributed by atoms with van der Waals surface area (Å²) in [4.78, 5) is 3.90. The Morgan fingerprint density at radius 3 is 2.62 bits per heavy atom. The lowest BCUT2D eigenvalue weighted by molar-refractivity contribution is 0.469. The monoisotopic (exact) mass is 179 g/mol. The molecule has 0 spiro atoms. The lowest BCUT2D eigenvalue weighted by Gasteiger charge is -2.07. The van der Waals surface area contributed by atoms with Crippen molar-refractivity contribution in [3.8, 4) is 5.75 Å². The predicted octanol–water partition coefficient (Wildman–Crippen LogP) is 1.19. The molecule has 0 atom stereocenters. The zero-order chi connectivity index (χ0) is 10.0. The molecule has 0 radical (unpaired) electrons. The van der Waals surface area contributed by atoms with Crippen molar-refractivity contribution in [1.82, 2.24) is 4.98 Å². The molecule has 1 heterocycles. The molecule has 70 valence electrons. The second kappa shape index (κ2) is 3.43. The van der Waals surface area contributed by atoms with Crippen LogP contribution in [0.4, 0.5) is 0 Å². The number of rotatable bonds is 2. The van der Waals surface area contributed by atoms with Gasteiger partial charge < -0.3 is 10.8 Å². The lowest BCUT2D eigenvalue weighted by Crippen LogP contribution is -2.13. The molecule has 1 aromatic rings. The number of pyridine rings is 1. The Hall–Kier alpha value is -1.58. The molecule has 0 fully saturated rings. The maximum absolute atomic E-state index is 9.43. The van der Waals surface area contributed by atoms with Gasteiger partial charge in [0.2, 0.25) is 0 Å². The highest BCUT2D eigenvalue weighted by molar-refractivity contribution is 5.95. The fourth-order valence-electron chi connectivity index (χ4n) is 0.992. The molecule has 0 aliphatic carbocycles. The van der Waals surface area contributed by atoms with Crippen LogP contribution in [0, 0.1) is 5.41 Å². The Labute approximate surface area is 76.9 Å². The van der Waals surface area contributed by atoms with Crippen molar-refractivity contribution < 1.29 is 5.11 Å². The van der Waals surface area contributed by atoms with Crippen LogP contribution in [0.25, 0.3) is 0 Å². The van der Waals surface area contributed by atoms with E-state index in [0.29, 0.717) is 5.92 Å².